The van der Waals surface area contributed by atoms with Crippen molar-refractivity contribution in [2.24, 2.45) is 0 Å². The van der Waals surface area contributed by atoms with E-state index in [1.165, 1.54) is 16.7 Å². The topological polar surface area (TPSA) is 9.23 Å². The van der Waals surface area contributed by atoms with Crippen molar-refractivity contribution in [2.45, 2.75) is 6.61 Å². The van der Waals surface area contributed by atoms with Gasteiger partial charge in [0.15, 0.2) is 0 Å². The van der Waals surface area contributed by atoms with Gasteiger partial charge >= 0.3 is 0 Å². The molecule has 0 fully saturated rings. The SMILES string of the molecule is COCc1ccc(-c2cccc(Br)c2)cc1. The standard InChI is InChI=1S/C14H13BrO/c1-16-10-11-5-7-12(8-6-11)13-3-2-4-14(15)9-13/h2-9H,10H2,1H3. The van der Waals surface area contributed by atoms with E-state index < -0.39 is 0 Å². The predicted molar refractivity (Wildman–Crippen MR) is 70.3 cm³/mol. The summed E-state index contributed by atoms with van der Waals surface area (Å²) in [4.78, 5) is 0. The second-order valence-corrected chi connectivity index (χ2v) is 4.56. The van der Waals surface area contributed by atoms with Crippen molar-refractivity contribution < 1.29 is 4.74 Å². The van der Waals surface area contributed by atoms with Crippen LogP contribution in [0.1, 0.15) is 5.56 Å². The highest BCUT2D eigenvalue weighted by molar-refractivity contribution is 9.10. The monoisotopic (exact) mass is 276 g/mol. The lowest BCUT2D eigenvalue weighted by Gasteiger charge is -2.04. The van der Waals surface area contributed by atoms with Crippen LogP contribution in [-0.2, 0) is 11.3 Å². The van der Waals surface area contributed by atoms with Crippen LogP contribution in [0.2, 0.25) is 0 Å². The fourth-order valence-corrected chi connectivity index (χ4v) is 2.03. The van der Waals surface area contributed by atoms with E-state index in [-0.39, 0.29) is 0 Å². The summed E-state index contributed by atoms with van der Waals surface area (Å²) < 4.78 is 6.19. The van der Waals surface area contributed by atoms with Gasteiger partial charge in [0, 0.05) is 11.6 Å². The molecule has 0 radical (unpaired) electrons. The van der Waals surface area contributed by atoms with Crippen molar-refractivity contribution in [1.82, 2.24) is 0 Å². The van der Waals surface area contributed by atoms with E-state index in [1.807, 2.05) is 12.1 Å². The molecule has 82 valence electrons. The van der Waals surface area contributed by atoms with Gasteiger partial charge in [-0.05, 0) is 28.8 Å². The fourth-order valence-electron chi connectivity index (χ4n) is 1.63. The van der Waals surface area contributed by atoms with Crippen molar-refractivity contribution in [1.29, 1.82) is 0 Å². The Kier molecular flexibility index (Phi) is 3.75. The molecule has 2 aromatic carbocycles. The molecule has 2 rings (SSSR count). The molecule has 0 spiro atoms. The summed E-state index contributed by atoms with van der Waals surface area (Å²) >= 11 is 3.48. The third-order valence-corrected chi connectivity index (χ3v) is 2.92. The number of ether oxygens (including phenoxy) is 1. The highest BCUT2D eigenvalue weighted by Crippen LogP contribution is 2.23. The van der Waals surface area contributed by atoms with E-state index >= 15 is 0 Å². The smallest absolute Gasteiger partial charge is 0.0713 e. The van der Waals surface area contributed by atoms with Gasteiger partial charge in [-0.1, -0.05) is 52.3 Å². The van der Waals surface area contributed by atoms with Gasteiger partial charge in [0.1, 0.15) is 0 Å². The molecular weight excluding hydrogens is 264 g/mol. The molecular formula is C14H13BrO. The number of rotatable bonds is 3. The molecule has 2 heteroatoms. The lowest BCUT2D eigenvalue weighted by molar-refractivity contribution is 0.185. The predicted octanol–water partition coefficient (Wildman–Crippen LogP) is 4.26. The van der Waals surface area contributed by atoms with Crippen molar-refractivity contribution in [3.05, 3.63) is 58.6 Å². The van der Waals surface area contributed by atoms with E-state index in [0.717, 1.165) is 4.47 Å². The number of halogens is 1. The van der Waals surface area contributed by atoms with Gasteiger partial charge in [-0.25, -0.2) is 0 Å². The zero-order valence-corrected chi connectivity index (χ0v) is 10.7. The minimum atomic E-state index is 0.665. The molecule has 0 saturated heterocycles. The van der Waals surface area contributed by atoms with Crippen LogP contribution in [0.4, 0.5) is 0 Å². The van der Waals surface area contributed by atoms with E-state index in [2.05, 4.69) is 52.3 Å². The Morgan fingerprint density at radius 1 is 1.00 bits per heavy atom. The van der Waals surface area contributed by atoms with Gasteiger partial charge in [0.25, 0.3) is 0 Å². The first-order valence-corrected chi connectivity index (χ1v) is 5.93. The molecule has 0 saturated carbocycles. The Hall–Kier alpha value is -1.12. The molecule has 0 unspecified atom stereocenters. The van der Waals surface area contributed by atoms with Crippen LogP contribution in [0.5, 0.6) is 0 Å². The van der Waals surface area contributed by atoms with Crippen LogP contribution in [-0.4, -0.2) is 7.11 Å². The first kappa shape index (κ1) is 11.4. The number of hydrogen-bond donors (Lipinski definition) is 0. The van der Waals surface area contributed by atoms with Gasteiger partial charge in [-0.2, -0.15) is 0 Å². The molecule has 2 aromatic rings. The van der Waals surface area contributed by atoms with Crippen LogP contribution in [0, 0.1) is 0 Å². The maximum absolute atomic E-state index is 5.09. The molecule has 0 aliphatic carbocycles. The molecule has 0 aliphatic heterocycles. The Bertz CT molecular complexity index is 462. The average Bonchev–Trinajstić information content (AvgIpc) is 2.30. The Morgan fingerprint density at radius 3 is 2.38 bits per heavy atom. The van der Waals surface area contributed by atoms with Crippen LogP contribution < -0.4 is 0 Å². The van der Waals surface area contributed by atoms with E-state index in [0.29, 0.717) is 6.61 Å². The molecule has 0 aromatic heterocycles. The summed E-state index contributed by atoms with van der Waals surface area (Å²) in [5.74, 6) is 0. The minimum Gasteiger partial charge on any atom is -0.380 e. The molecule has 0 aliphatic rings. The zero-order valence-electron chi connectivity index (χ0n) is 9.11. The molecule has 16 heavy (non-hydrogen) atoms. The van der Waals surface area contributed by atoms with E-state index in [9.17, 15) is 0 Å². The van der Waals surface area contributed by atoms with Crippen molar-refractivity contribution in [2.75, 3.05) is 7.11 Å². The van der Waals surface area contributed by atoms with E-state index in [4.69, 9.17) is 4.74 Å². The Labute approximate surface area is 104 Å². The third kappa shape index (κ3) is 2.71. The summed E-state index contributed by atoms with van der Waals surface area (Å²) in [6.07, 6.45) is 0. The lowest BCUT2D eigenvalue weighted by atomic mass is 10.0. The molecule has 1 nitrogen and oxygen atoms in total. The van der Waals surface area contributed by atoms with Gasteiger partial charge in [0.2, 0.25) is 0 Å². The number of benzene rings is 2. The number of hydrogen-bond acceptors (Lipinski definition) is 1. The molecule has 0 N–H and O–H groups in total. The maximum atomic E-state index is 5.09. The van der Waals surface area contributed by atoms with Crippen LogP contribution in [0.25, 0.3) is 11.1 Å². The van der Waals surface area contributed by atoms with Crippen LogP contribution >= 0.6 is 15.9 Å². The quantitative estimate of drug-likeness (QED) is 0.814. The van der Waals surface area contributed by atoms with Gasteiger partial charge in [-0.15, -0.1) is 0 Å². The summed E-state index contributed by atoms with van der Waals surface area (Å²) in [6.45, 7) is 0.665. The van der Waals surface area contributed by atoms with Gasteiger partial charge in [0.05, 0.1) is 6.61 Å². The largest absolute Gasteiger partial charge is 0.380 e. The minimum absolute atomic E-state index is 0.665. The molecule has 0 amide bonds. The van der Waals surface area contributed by atoms with Crippen LogP contribution in [0.15, 0.2) is 53.0 Å². The first-order chi connectivity index (χ1) is 7.79. The Morgan fingerprint density at radius 2 is 1.75 bits per heavy atom. The van der Waals surface area contributed by atoms with E-state index in [1.54, 1.807) is 7.11 Å². The van der Waals surface area contributed by atoms with Crippen molar-refractivity contribution in [3.8, 4) is 11.1 Å². The lowest BCUT2D eigenvalue weighted by Crippen LogP contribution is -1.86. The van der Waals surface area contributed by atoms with Crippen LogP contribution in [0.3, 0.4) is 0 Å². The zero-order chi connectivity index (χ0) is 11.4. The summed E-state index contributed by atoms with van der Waals surface area (Å²) in [6, 6.07) is 16.7. The average molecular weight is 277 g/mol. The molecule has 0 heterocycles. The normalized spacial score (nSPS) is 10.4. The maximum Gasteiger partial charge on any atom is 0.0713 e. The second-order valence-electron chi connectivity index (χ2n) is 3.64. The van der Waals surface area contributed by atoms with Gasteiger partial charge < -0.3 is 4.74 Å². The number of methoxy groups -OCH3 is 1. The highest BCUT2D eigenvalue weighted by atomic mass is 79.9. The summed E-state index contributed by atoms with van der Waals surface area (Å²) in [7, 11) is 1.71. The highest BCUT2D eigenvalue weighted by Gasteiger charge is 1.98. The third-order valence-electron chi connectivity index (χ3n) is 2.42. The molecule has 0 bridgehead atoms. The van der Waals surface area contributed by atoms with Gasteiger partial charge in [-0.3, -0.25) is 0 Å². The fraction of sp³-hybridized carbons (Fsp3) is 0.143. The summed E-state index contributed by atoms with van der Waals surface area (Å²) in [5.41, 5.74) is 3.64. The molecule has 0 atom stereocenters. The Balaban J connectivity index is 2.27. The second kappa shape index (κ2) is 5.28. The van der Waals surface area contributed by atoms with Crippen molar-refractivity contribution >= 4 is 15.9 Å². The van der Waals surface area contributed by atoms with Crippen molar-refractivity contribution in [3.63, 3.8) is 0 Å². The first-order valence-electron chi connectivity index (χ1n) is 5.13. The summed E-state index contributed by atoms with van der Waals surface area (Å²) in [5, 5.41) is 0.